The molecule has 0 saturated heterocycles. The van der Waals surface area contributed by atoms with Gasteiger partial charge in [-0.15, -0.1) is 0 Å². The minimum atomic E-state index is -2.87. The van der Waals surface area contributed by atoms with Crippen LogP contribution in [0.5, 0.6) is 0 Å². The van der Waals surface area contributed by atoms with E-state index in [1.807, 2.05) is 67.6 Å². The highest BCUT2D eigenvalue weighted by atomic mass is 31.2. The lowest BCUT2D eigenvalue weighted by atomic mass is 10.1. The van der Waals surface area contributed by atoms with E-state index in [2.05, 4.69) is 6.08 Å². The average Bonchev–Trinajstić information content (AvgIpc) is 2.86. The Hall–Kier alpha value is -1.63. The molecule has 2 atom stereocenters. The van der Waals surface area contributed by atoms with E-state index in [4.69, 9.17) is 4.52 Å². The van der Waals surface area contributed by atoms with Crippen LogP contribution in [-0.4, -0.2) is 6.61 Å². The molecule has 0 spiro atoms. The molecule has 3 rings (SSSR count). The summed E-state index contributed by atoms with van der Waals surface area (Å²) in [7, 11) is -2.87. The highest BCUT2D eigenvalue weighted by Crippen LogP contribution is 2.74. The lowest BCUT2D eigenvalue weighted by Crippen LogP contribution is -2.00. The van der Waals surface area contributed by atoms with Gasteiger partial charge < -0.3 is 4.52 Å². The smallest absolute Gasteiger partial charge is 0.239 e. The van der Waals surface area contributed by atoms with Gasteiger partial charge in [0.15, 0.2) is 0 Å². The van der Waals surface area contributed by atoms with Crippen molar-refractivity contribution in [3.05, 3.63) is 77.9 Å². The number of rotatable bonds is 4. The van der Waals surface area contributed by atoms with Crippen LogP contribution in [0, 0.1) is 0 Å². The van der Waals surface area contributed by atoms with E-state index >= 15 is 0 Å². The van der Waals surface area contributed by atoms with Gasteiger partial charge in [-0.1, -0.05) is 66.7 Å². The molecule has 21 heavy (non-hydrogen) atoms. The van der Waals surface area contributed by atoms with Crippen molar-refractivity contribution in [3.63, 3.8) is 0 Å². The van der Waals surface area contributed by atoms with Crippen LogP contribution in [0.3, 0.4) is 0 Å². The first-order valence-corrected chi connectivity index (χ1v) is 9.00. The quantitative estimate of drug-likeness (QED) is 0.698. The Morgan fingerprint density at radius 1 is 1.05 bits per heavy atom. The Labute approximate surface area is 125 Å². The zero-order valence-corrected chi connectivity index (χ0v) is 13.0. The minimum Gasteiger partial charge on any atom is -0.325 e. The summed E-state index contributed by atoms with van der Waals surface area (Å²) in [4.78, 5) is 0. The lowest BCUT2D eigenvalue weighted by Gasteiger charge is -2.24. The largest absolute Gasteiger partial charge is 0.325 e. The van der Waals surface area contributed by atoms with Crippen LogP contribution in [0.2, 0.25) is 0 Å². The Morgan fingerprint density at radius 3 is 2.29 bits per heavy atom. The van der Waals surface area contributed by atoms with Crippen LogP contribution in [0.25, 0.3) is 5.31 Å². The van der Waals surface area contributed by atoms with Gasteiger partial charge in [-0.25, -0.2) is 0 Å². The van der Waals surface area contributed by atoms with E-state index in [9.17, 15) is 4.57 Å². The van der Waals surface area contributed by atoms with Crippen LogP contribution in [-0.2, 0) is 9.09 Å². The molecule has 108 valence electrons. The van der Waals surface area contributed by atoms with Crippen molar-refractivity contribution in [3.8, 4) is 0 Å². The summed E-state index contributed by atoms with van der Waals surface area (Å²) in [6.45, 7) is 2.37. The molecule has 1 aliphatic heterocycles. The molecule has 1 aliphatic rings. The molecule has 0 bridgehead atoms. The summed E-state index contributed by atoms with van der Waals surface area (Å²) in [5, 5.41) is 0.874. The predicted molar refractivity (Wildman–Crippen MR) is 87.5 cm³/mol. The van der Waals surface area contributed by atoms with Gasteiger partial charge in [0.2, 0.25) is 7.37 Å². The number of hydrogen-bond donors (Lipinski definition) is 0. The van der Waals surface area contributed by atoms with Crippen LogP contribution in [0.1, 0.15) is 30.1 Å². The lowest BCUT2D eigenvalue weighted by molar-refractivity contribution is 0.336. The molecule has 0 fully saturated rings. The maximum atomic E-state index is 13.6. The first-order valence-electron chi connectivity index (χ1n) is 7.31. The van der Waals surface area contributed by atoms with Crippen LogP contribution >= 0.6 is 7.37 Å². The van der Waals surface area contributed by atoms with Crippen LogP contribution in [0.15, 0.2) is 66.7 Å². The molecular weight excluding hydrogens is 279 g/mol. The van der Waals surface area contributed by atoms with Crippen molar-refractivity contribution >= 4 is 12.7 Å². The molecule has 0 saturated carbocycles. The van der Waals surface area contributed by atoms with E-state index in [0.29, 0.717) is 6.61 Å². The molecule has 0 amide bonds. The normalized spacial score (nSPS) is 24.8. The van der Waals surface area contributed by atoms with Crippen LogP contribution < -0.4 is 0 Å². The van der Waals surface area contributed by atoms with E-state index < -0.39 is 7.37 Å². The van der Waals surface area contributed by atoms with Gasteiger partial charge in [0.25, 0.3) is 0 Å². The summed E-state index contributed by atoms with van der Waals surface area (Å²) in [6, 6.07) is 20.0. The van der Waals surface area contributed by atoms with Crippen molar-refractivity contribution in [2.75, 3.05) is 6.61 Å². The highest BCUT2D eigenvalue weighted by Gasteiger charge is 2.43. The molecule has 2 aromatic rings. The molecule has 2 nitrogen and oxygen atoms in total. The fourth-order valence-corrected chi connectivity index (χ4v) is 5.78. The van der Waals surface area contributed by atoms with Gasteiger partial charge in [-0.05, 0) is 24.5 Å². The SMILES string of the molecule is CCOP1(=O)C(c2ccccc2)=CCC1c1ccccc1. The molecule has 0 aromatic heterocycles. The van der Waals surface area contributed by atoms with Crippen molar-refractivity contribution < 1.29 is 9.09 Å². The molecule has 2 unspecified atom stereocenters. The zero-order valence-electron chi connectivity index (χ0n) is 12.1. The summed E-state index contributed by atoms with van der Waals surface area (Å²) >= 11 is 0. The fraction of sp³-hybridized carbons (Fsp3) is 0.222. The second kappa shape index (κ2) is 6.01. The topological polar surface area (TPSA) is 26.3 Å². The van der Waals surface area contributed by atoms with Crippen molar-refractivity contribution in [2.24, 2.45) is 0 Å². The summed E-state index contributed by atoms with van der Waals surface area (Å²) in [5.74, 6) is 0. The first-order chi connectivity index (χ1) is 10.3. The highest BCUT2D eigenvalue weighted by molar-refractivity contribution is 7.70. The predicted octanol–water partition coefficient (Wildman–Crippen LogP) is 5.49. The number of benzene rings is 2. The Balaban J connectivity index is 2.02. The Bertz CT molecular complexity index is 677. The maximum absolute atomic E-state index is 13.6. The van der Waals surface area contributed by atoms with Gasteiger partial charge in [-0.3, -0.25) is 4.57 Å². The fourth-order valence-electron chi connectivity index (χ4n) is 2.92. The molecule has 1 heterocycles. The second-order valence-corrected chi connectivity index (χ2v) is 7.69. The van der Waals surface area contributed by atoms with E-state index in [-0.39, 0.29) is 5.66 Å². The van der Waals surface area contributed by atoms with Gasteiger partial charge >= 0.3 is 0 Å². The van der Waals surface area contributed by atoms with E-state index in [1.165, 1.54) is 0 Å². The van der Waals surface area contributed by atoms with Gasteiger partial charge in [0.1, 0.15) is 0 Å². The molecule has 3 heteroatoms. The van der Waals surface area contributed by atoms with E-state index in [0.717, 1.165) is 22.9 Å². The van der Waals surface area contributed by atoms with Crippen molar-refractivity contribution in [2.45, 2.75) is 19.0 Å². The van der Waals surface area contributed by atoms with Crippen LogP contribution in [0.4, 0.5) is 0 Å². The second-order valence-electron chi connectivity index (χ2n) is 5.13. The monoisotopic (exact) mass is 298 g/mol. The molecule has 2 aromatic carbocycles. The zero-order chi connectivity index (χ0) is 14.7. The molecular formula is C18H19O2P. The Morgan fingerprint density at radius 2 is 1.67 bits per heavy atom. The first kappa shape index (κ1) is 14.3. The van der Waals surface area contributed by atoms with Crippen molar-refractivity contribution in [1.29, 1.82) is 0 Å². The maximum Gasteiger partial charge on any atom is 0.239 e. The molecule has 0 aliphatic carbocycles. The van der Waals surface area contributed by atoms with Gasteiger partial charge in [-0.2, -0.15) is 0 Å². The van der Waals surface area contributed by atoms with Gasteiger partial charge in [0, 0.05) is 5.31 Å². The van der Waals surface area contributed by atoms with E-state index in [1.54, 1.807) is 0 Å². The molecule has 0 radical (unpaired) electrons. The third-order valence-electron chi connectivity index (χ3n) is 3.86. The third-order valence-corrected chi connectivity index (χ3v) is 6.94. The number of allylic oxidation sites excluding steroid dienone is 1. The van der Waals surface area contributed by atoms with Crippen molar-refractivity contribution in [1.82, 2.24) is 0 Å². The average molecular weight is 298 g/mol. The Kier molecular flexibility index (Phi) is 4.10. The summed E-state index contributed by atoms with van der Waals surface area (Å²) in [5.41, 5.74) is 2.04. The minimum absolute atomic E-state index is 0.0612. The summed E-state index contributed by atoms with van der Waals surface area (Å²) in [6.07, 6.45) is 2.86. The van der Waals surface area contributed by atoms with Gasteiger partial charge in [0.05, 0.1) is 12.3 Å². The third kappa shape index (κ3) is 2.62. The summed E-state index contributed by atoms with van der Waals surface area (Å²) < 4.78 is 19.4. The number of hydrogen-bond acceptors (Lipinski definition) is 2. The molecule has 0 N–H and O–H groups in total. The standard InChI is InChI=1S/C18H19O2P/c1-2-20-21(19)17(15-9-5-3-6-10-15)13-14-18(21)16-11-7-4-8-12-16/h3-13,18H,2,14H2,1H3.